The van der Waals surface area contributed by atoms with Crippen LogP contribution in [0, 0.1) is 17.5 Å². The van der Waals surface area contributed by atoms with E-state index in [1.807, 2.05) is 25.1 Å². The van der Waals surface area contributed by atoms with Gasteiger partial charge in [0.25, 0.3) is 0 Å². The van der Waals surface area contributed by atoms with Crippen molar-refractivity contribution in [3.8, 4) is 17.1 Å². The lowest BCUT2D eigenvalue weighted by Crippen LogP contribution is -2.03. The zero-order valence-corrected chi connectivity index (χ0v) is 16.5. The van der Waals surface area contributed by atoms with Gasteiger partial charge in [-0.15, -0.1) is 0 Å². The van der Waals surface area contributed by atoms with Crippen molar-refractivity contribution >= 4 is 21.4 Å². The van der Waals surface area contributed by atoms with Gasteiger partial charge in [-0.1, -0.05) is 6.07 Å². The van der Waals surface area contributed by atoms with Gasteiger partial charge < -0.3 is 10.1 Å². The van der Waals surface area contributed by atoms with Crippen LogP contribution in [0.25, 0.3) is 11.4 Å². The quantitative estimate of drug-likeness (QED) is 0.649. The number of nitrogens with one attached hydrogen (secondary N) is 2. The minimum absolute atomic E-state index is 0.165. The summed E-state index contributed by atoms with van der Waals surface area (Å²) in [6, 6.07) is 9.72. The highest BCUT2D eigenvalue weighted by Gasteiger charge is 2.12. The van der Waals surface area contributed by atoms with Crippen LogP contribution < -0.4 is 10.1 Å². The van der Waals surface area contributed by atoms with Gasteiger partial charge in [0, 0.05) is 27.7 Å². The summed E-state index contributed by atoms with van der Waals surface area (Å²) in [6.07, 6.45) is 2.77. The third-order valence-electron chi connectivity index (χ3n) is 3.81. The highest BCUT2D eigenvalue weighted by Crippen LogP contribution is 2.28. The maximum Gasteiger partial charge on any atom is 0.230 e. The van der Waals surface area contributed by atoms with E-state index in [0.29, 0.717) is 28.8 Å². The first-order valence-corrected chi connectivity index (χ1v) is 10.5. The molecule has 0 aliphatic carbocycles. The number of methoxy groups -OCH3 is 1. The highest BCUT2D eigenvalue weighted by atomic mass is 32.2. The molecule has 7 nitrogen and oxygen atoms in total. The lowest BCUT2D eigenvalue weighted by molar-refractivity contribution is 0.412. The number of aromatic nitrogens is 3. The molecule has 0 amide bonds. The molecule has 2 N–H and O–H groups in total. The van der Waals surface area contributed by atoms with Gasteiger partial charge in [0.2, 0.25) is 5.95 Å². The highest BCUT2D eigenvalue weighted by molar-refractivity contribution is 7.90. The second-order valence-corrected chi connectivity index (χ2v) is 8.76. The Morgan fingerprint density at radius 3 is 2.71 bits per heavy atom. The van der Waals surface area contributed by atoms with E-state index in [-0.39, 0.29) is 5.75 Å². The molecule has 1 heterocycles. The predicted molar refractivity (Wildman–Crippen MR) is 107 cm³/mol. The minimum Gasteiger partial charge on any atom is -0.496 e. The van der Waals surface area contributed by atoms with Crippen LogP contribution in [0.3, 0.4) is 0 Å². The molecule has 0 saturated carbocycles. The Kier molecular flexibility index (Phi) is 5.55. The van der Waals surface area contributed by atoms with Crippen molar-refractivity contribution in [2.75, 3.05) is 18.7 Å². The van der Waals surface area contributed by atoms with Crippen LogP contribution in [-0.2, 0) is 15.5 Å². The van der Waals surface area contributed by atoms with Gasteiger partial charge in [-0.2, -0.15) is 4.98 Å². The van der Waals surface area contributed by atoms with E-state index in [2.05, 4.69) is 20.3 Å². The lowest BCUT2D eigenvalue weighted by Gasteiger charge is -2.11. The molecule has 0 saturated heterocycles. The number of ether oxygens (including phenoxy) is 1. The van der Waals surface area contributed by atoms with Crippen molar-refractivity contribution in [3.05, 3.63) is 59.7 Å². The molecule has 3 rings (SSSR count). The Balaban J connectivity index is 1.92. The number of rotatable bonds is 6. The number of benzene rings is 2. The van der Waals surface area contributed by atoms with E-state index in [1.165, 1.54) is 31.8 Å². The van der Waals surface area contributed by atoms with Crippen molar-refractivity contribution in [1.29, 1.82) is 4.78 Å². The van der Waals surface area contributed by atoms with E-state index in [1.54, 1.807) is 6.07 Å². The molecule has 0 aliphatic heterocycles. The van der Waals surface area contributed by atoms with Gasteiger partial charge in [-0.05, 0) is 42.3 Å². The fourth-order valence-corrected chi connectivity index (χ4v) is 3.60. The molecular formula is C19H20FN5O2S. The first-order chi connectivity index (χ1) is 13.2. The van der Waals surface area contributed by atoms with E-state index in [0.717, 1.165) is 11.1 Å². The summed E-state index contributed by atoms with van der Waals surface area (Å²) in [5.41, 5.74) is 3.00. The molecule has 0 aliphatic rings. The first kappa shape index (κ1) is 19.7. The lowest BCUT2D eigenvalue weighted by atomic mass is 10.1. The molecule has 1 unspecified atom stereocenters. The number of hydrogen-bond donors (Lipinski definition) is 2. The summed E-state index contributed by atoms with van der Waals surface area (Å²) in [7, 11) is -1.20. The zero-order valence-electron chi connectivity index (χ0n) is 15.7. The topological polar surface area (TPSA) is 101 Å². The molecule has 0 bridgehead atoms. The second-order valence-electron chi connectivity index (χ2n) is 6.46. The van der Waals surface area contributed by atoms with Crippen LogP contribution in [0.5, 0.6) is 5.75 Å². The number of aryl methyl sites for hydroxylation is 1. The van der Waals surface area contributed by atoms with Crippen molar-refractivity contribution in [2.24, 2.45) is 0 Å². The van der Waals surface area contributed by atoms with Gasteiger partial charge in [0.05, 0.1) is 18.4 Å². The zero-order chi connectivity index (χ0) is 20.3. The monoisotopic (exact) mass is 401 g/mol. The maximum atomic E-state index is 13.4. The molecule has 3 aromatic rings. The average Bonchev–Trinajstić information content (AvgIpc) is 2.59. The molecule has 0 radical (unpaired) electrons. The predicted octanol–water partition coefficient (Wildman–Crippen LogP) is 3.91. The van der Waals surface area contributed by atoms with E-state index >= 15 is 0 Å². The number of anilines is 2. The standard InChI is InChI=1S/C19H20FN5O2S/c1-12-6-13(10-28(3,21)26)8-15(7-12)24-19-23-11-22-18(25-19)16-5-4-14(20)9-17(16)27-2/h4-9,11,21H,10H2,1-3H3,(H,22,23,24,25). The molecule has 1 atom stereocenters. The summed E-state index contributed by atoms with van der Waals surface area (Å²) in [4.78, 5) is 12.7. The van der Waals surface area contributed by atoms with Crippen molar-refractivity contribution in [2.45, 2.75) is 12.7 Å². The Bertz CT molecular complexity index is 1120. The number of halogens is 1. The van der Waals surface area contributed by atoms with Crippen LogP contribution in [0.4, 0.5) is 16.0 Å². The third-order valence-corrected chi connectivity index (χ3v) is 4.70. The number of hydrogen-bond acceptors (Lipinski definition) is 7. The van der Waals surface area contributed by atoms with Crippen molar-refractivity contribution in [3.63, 3.8) is 0 Å². The van der Waals surface area contributed by atoms with Crippen LogP contribution >= 0.6 is 0 Å². The molecule has 146 valence electrons. The molecule has 0 fully saturated rings. The maximum absolute atomic E-state index is 13.4. The Hall–Kier alpha value is -3.07. The van der Waals surface area contributed by atoms with E-state index in [4.69, 9.17) is 9.52 Å². The fourth-order valence-electron chi connectivity index (χ4n) is 2.80. The normalized spacial score (nSPS) is 13.0. The van der Waals surface area contributed by atoms with Crippen molar-refractivity contribution in [1.82, 2.24) is 15.0 Å². The summed E-state index contributed by atoms with van der Waals surface area (Å²) < 4.78 is 38.1. The van der Waals surface area contributed by atoms with Gasteiger partial charge in [-0.3, -0.25) is 4.78 Å². The first-order valence-electron chi connectivity index (χ1n) is 8.35. The SMILES string of the molecule is COc1cc(F)ccc1-c1ncnc(Nc2cc(C)cc(CS(C)(=N)=O)c2)n1. The smallest absolute Gasteiger partial charge is 0.230 e. The van der Waals surface area contributed by atoms with Gasteiger partial charge >= 0.3 is 0 Å². The average molecular weight is 401 g/mol. The number of nitrogens with zero attached hydrogens (tertiary/aromatic N) is 3. The minimum atomic E-state index is -2.65. The Labute approximate surface area is 163 Å². The molecule has 2 aromatic carbocycles. The van der Waals surface area contributed by atoms with Gasteiger partial charge in [0.1, 0.15) is 17.9 Å². The molecular weight excluding hydrogens is 381 g/mol. The van der Waals surface area contributed by atoms with Crippen LogP contribution in [-0.4, -0.2) is 32.5 Å². The molecule has 9 heteroatoms. The summed E-state index contributed by atoms with van der Waals surface area (Å²) >= 11 is 0. The van der Waals surface area contributed by atoms with Crippen LogP contribution in [0.1, 0.15) is 11.1 Å². The van der Waals surface area contributed by atoms with Gasteiger partial charge in [0.15, 0.2) is 5.82 Å². The van der Waals surface area contributed by atoms with E-state index in [9.17, 15) is 8.60 Å². The summed E-state index contributed by atoms with van der Waals surface area (Å²) in [5, 5.41) is 3.10. The third kappa shape index (κ3) is 5.01. The van der Waals surface area contributed by atoms with E-state index < -0.39 is 15.5 Å². The Morgan fingerprint density at radius 1 is 1.21 bits per heavy atom. The molecule has 1 aromatic heterocycles. The fraction of sp³-hybridized carbons (Fsp3) is 0.211. The molecule has 0 spiro atoms. The van der Waals surface area contributed by atoms with Gasteiger partial charge in [-0.25, -0.2) is 18.6 Å². The van der Waals surface area contributed by atoms with Crippen LogP contribution in [0.15, 0.2) is 42.7 Å². The Morgan fingerprint density at radius 2 is 2.00 bits per heavy atom. The van der Waals surface area contributed by atoms with Crippen molar-refractivity contribution < 1.29 is 13.3 Å². The van der Waals surface area contributed by atoms with Crippen LogP contribution in [0.2, 0.25) is 0 Å². The molecule has 28 heavy (non-hydrogen) atoms. The summed E-state index contributed by atoms with van der Waals surface area (Å²) in [6.45, 7) is 1.91. The largest absolute Gasteiger partial charge is 0.496 e. The summed E-state index contributed by atoms with van der Waals surface area (Å²) in [5.74, 6) is 0.713. The second kappa shape index (κ2) is 7.89.